The number of aryl methyl sites for hydroxylation is 2. The second kappa shape index (κ2) is 13.6. The minimum absolute atomic E-state index is 0.133. The molecular formula is C30H36F4N2O6S2. The minimum atomic E-state index is -5.52. The molecule has 0 fully saturated rings. The number of halogens is 4. The van der Waals surface area contributed by atoms with Gasteiger partial charge in [-0.2, -0.15) is 17.6 Å². The summed E-state index contributed by atoms with van der Waals surface area (Å²) in [6.45, 7) is 6.37. The zero-order valence-electron chi connectivity index (χ0n) is 25.0. The third kappa shape index (κ3) is 6.95. The summed E-state index contributed by atoms with van der Waals surface area (Å²) in [7, 11) is 0. The van der Waals surface area contributed by atoms with E-state index in [2.05, 4.69) is 0 Å². The van der Waals surface area contributed by atoms with Crippen molar-refractivity contribution in [2.24, 2.45) is 0 Å². The number of amides is 2. The van der Waals surface area contributed by atoms with E-state index < -0.39 is 47.8 Å². The van der Waals surface area contributed by atoms with E-state index in [0.717, 1.165) is 48.4 Å². The van der Waals surface area contributed by atoms with Crippen molar-refractivity contribution >= 4 is 56.4 Å². The molecule has 0 atom stereocenters. The van der Waals surface area contributed by atoms with Crippen LogP contribution in [0.25, 0.3) is 0 Å². The van der Waals surface area contributed by atoms with Gasteiger partial charge in [0.15, 0.2) is 0 Å². The first-order valence-corrected chi connectivity index (χ1v) is 16.4. The molecule has 0 saturated carbocycles. The first kappa shape index (κ1) is 33.9. The van der Waals surface area contributed by atoms with Crippen LogP contribution in [0, 0.1) is 0 Å². The fraction of sp³-hybridized carbons (Fsp3) is 0.600. The first-order valence-electron chi connectivity index (χ1n) is 14.7. The van der Waals surface area contributed by atoms with E-state index in [1.165, 1.54) is 0 Å². The van der Waals surface area contributed by atoms with Crippen molar-refractivity contribution in [2.45, 2.75) is 116 Å². The zero-order valence-corrected chi connectivity index (χ0v) is 26.6. The maximum Gasteiger partial charge on any atom is 0.396 e. The molecule has 2 heterocycles. The van der Waals surface area contributed by atoms with E-state index >= 15 is 17.6 Å². The number of ether oxygens (including phenoxy) is 2. The summed E-state index contributed by atoms with van der Waals surface area (Å²) in [6.07, 6.45) is 5.54. The Kier molecular flexibility index (Phi) is 10.4. The van der Waals surface area contributed by atoms with Crippen LogP contribution in [0.1, 0.15) is 108 Å². The van der Waals surface area contributed by atoms with Gasteiger partial charge in [0.1, 0.15) is 10.0 Å². The summed E-state index contributed by atoms with van der Waals surface area (Å²) in [5.74, 6) is -17.7. The van der Waals surface area contributed by atoms with Crippen LogP contribution >= 0.6 is 22.7 Å². The predicted octanol–water partition coefficient (Wildman–Crippen LogP) is 7.33. The van der Waals surface area contributed by atoms with Gasteiger partial charge in [-0.3, -0.25) is 9.59 Å². The van der Waals surface area contributed by atoms with Crippen LogP contribution in [-0.2, 0) is 44.7 Å². The number of thiophene rings is 2. The van der Waals surface area contributed by atoms with Crippen molar-refractivity contribution in [1.29, 1.82) is 0 Å². The van der Waals surface area contributed by atoms with E-state index in [-0.39, 0.29) is 21.1 Å². The number of fused-ring (bicyclic) bond motifs is 2. The Bertz CT molecular complexity index is 1330. The number of anilines is 2. The zero-order chi connectivity index (χ0) is 32.4. The third-order valence-electron chi connectivity index (χ3n) is 7.36. The molecule has 0 spiro atoms. The van der Waals surface area contributed by atoms with E-state index in [1.807, 2.05) is 0 Å². The number of alkyl halides is 4. The maximum absolute atomic E-state index is 15.2. The van der Waals surface area contributed by atoms with Gasteiger partial charge in [-0.1, -0.05) is 12.8 Å². The number of esters is 2. The van der Waals surface area contributed by atoms with Crippen LogP contribution in [0.5, 0.6) is 0 Å². The van der Waals surface area contributed by atoms with E-state index in [1.54, 1.807) is 38.3 Å². The summed E-state index contributed by atoms with van der Waals surface area (Å²) < 4.78 is 71.4. The molecule has 0 unspecified atom stereocenters. The van der Waals surface area contributed by atoms with Crippen molar-refractivity contribution in [1.82, 2.24) is 0 Å². The molecule has 2 aromatic heterocycles. The average Bonchev–Trinajstić information content (AvgIpc) is 3.21. The Hall–Kier alpha value is -3.00. The molecule has 2 aliphatic carbocycles. The van der Waals surface area contributed by atoms with Gasteiger partial charge in [0.2, 0.25) is 0 Å². The number of carbonyl (C=O) groups is 4. The molecule has 0 aliphatic heterocycles. The summed E-state index contributed by atoms with van der Waals surface area (Å²) in [4.78, 5) is 52.7. The first-order chi connectivity index (χ1) is 20.6. The van der Waals surface area contributed by atoms with Crippen LogP contribution in [0.4, 0.5) is 27.6 Å². The lowest BCUT2D eigenvalue weighted by Crippen LogP contribution is -2.56. The normalized spacial score (nSPS) is 15.6. The largest absolute Gasteiger partial charge is 0.459 e. The highest BCUT2D eigenvalue weighted by molar-refractivity contribution is 7.17. The van der Waals surface area contributed by atoms with Gasteiger partial charge >= 0.3 is 35.6 Å². The lowest BCUT2D eigenvalue weighted by molar-refractivity contribution is -0.204. The van der Waals surface area contributed by atoms with Crippen molar-refractivity contribution in [3.05, 3.63) is 32.0 Å². The maximum atomic E-state index is 15.2. The van der Waals surface area contributed by atoms with Gasteiger partial charge in [0.05, 0.1) is 23.3 Å². The fourth-order valence-corrected chi connectivity index (χ4v) is 7.83. The van der Waals surface area contributed by atoms with Gasteiger partial charge in [0.25, 0.3) is 0 Å². The van der Waals surface area contributed by atoms with E-state index in [0.29, 0.717) is 59.4 Å². The van der Waals surface area contributed by atoms with Crippen LogP contribution in [-0.4, -0.2) is 47.8 Å². The Morgan fingerprint density at radius 2 is 0.955 bits per heavy atom. The molecule has 2 aliphatic rings. The molecule has 2 aromatic rings. The highest BCUT2D eigenvalue weighted by atomic mass is 32.1. The van der Waals surface area contributed by atoms with Gasteiger partial charge < -0.3 is 20.1 Å². The quantitative estimate of drug-likeness (QED) is 0.166. The molecular weight excluding hydrogens is 624 g/mol. The van der Waals surface area contributed by atoms with Crippen LogP contribution in [0.3, 0.4) is 0 Å². The summed E-state index contributed by atoms with van der Waals surface area (Å²) in [5.41, 5.74) is 0.816. The number of hydrogen-bond acceptors (Lipinski definition) is 8. The second-order valence-corrected chi connectivity index (χ2v) is 13.7. The number of nitrogens with one attached hydrogen (secondary N) is 2. The van der Waals surface area contributed by atoms with Crippen molar-refractivity contribution in [3.63, 3.8) is 0 Å². The molecule has 44 heavy (non-hydrogen) atoms. The van der Waals surface area contributed by atoms with Gasteiger partial charge in [-0.15, -0.1) is 22.7 Å². The highest BCUT2D eigenvalue weighted by Gasteiger charge is 2.67. The fourth-order valence-electron chi connectivity index (χ4n) is 5.29. The Morgan fingerprint density at radius 3 is 1.30 bits per heavy atom. The monoisotopic (exact) mass is 660 g/mol. The number of carbonyl (C=O) groups excluding carboxylic acids is 4. The predicted molar refractivity (Wildman–Crippen MR) is 159 cm³/mol. The highest BCUT2D eigenvalue weighted by Crippen LogP contribution is 2.43. The van der Waals surface area contributed by atoms with Crippen molar-refractivity contribution in [3.8, 4) is 0 Å². The molecule has 14 heteroatoms. The van der Waals surface area contributed by atoms with Crippen LogP contribution in [0.2, 0.25) is 0 Å². The molecule has 4 rings (SSSR count). The average molecular weight is 661 g/mol. The lowest BCUT2D eigenvalue weighted by Gasteiger charge is -2.24. The SMILES string of the molecule is CC(C)OC(=O)c1c(NC(=O)C(F)(F)C(F)(F)C(=O)Nc2sc3c(c2C(=O)OC(C)C)CCCCC3)sc2c1CCCCC2. The Balaban J connectivity index is 1.62. The van der Waals surface area contributed by atoms with Crippen molar-refractivity contribution in [2.75, 3.05) is 10.6 Å². The molecule has 8 nitrogen and oxygen atoms in total. The standard InChI is InChI=1S/C30H36F4N2O6S2/c1-15(2)41-25(37)21-17-11-7-5-9-13-19(17)43-23(21)35-27(39)29(31,32)30(33,34)28(40)36-24-22(26(38)42-16(3)4)18-12-8-6-10-14-20(18)44-24/h15-16H,5-14H2,1-4H3,(H,35,39)(H,36,40). The molecule has 0 aromatic carbocycles. The second-order valence-electron chi connectivity index (χ2n) is 11.5. The molecule has 0 radical (unpaired) electrons. The summed E-state index contributed by atoms with van der Waals surface area (Å²) in [6, 6.07) is 0. The molecule has 0 saturated heterocycles. The summed E-state index contributed by atoms with van der Waals surface area (Å²) in [5, 5.41) is 2.95. The molecule has 2 amide bonds. The van der Waals surface area contributed by atoms with E-state index in [9.17, 15) is 19.2 Å². The number of hydrogen-bond donors (Lipinski definition) is 2. The smallest absolute Gasteiger partial charge is 0.396 e. The van der Waals surface area contributed by atoms with E-state index in [4.69, 9.17) is 9.47 Å². The Morgan fingerprint density at radius 1 is 0.614 bits per heavy atom. The van der Waals surface area contributed by atoms with Gasteiger partial charge in [-0.05, 0) is 90.2 Å². The molecule has 0 bridgehead atoms. The van der Waals surface area contributed by atoms with Gasteiger partial charge in [-0.25, -0.2) is 9.59 Å². The minimum Gasteiger partial charge on any atom is -0.459 e. The number of rotatable bonds is 9. The topological polar surface area (TPSA) is 111 Å². The third-order valence-corrected chi connectivity index (χ3v) is 9.77. The van der Waals surface area contributed by atoms with Crippen LogP contribution in [0.15, 0.2) is 0 Å². The Labute approximate surface area is 260 Å². The van der Waals surface area contributed by atoms with Crippen molar-refractivity contribution < 1.29 is 46.2 Å². The molecule has 2 N–H and O–H groups in total. The summed E-state index contributed by atoms with van der Waals surface area (Å²) >= 11 is 1.72. The van der Waals surface area contributed by atoms with Crippen LogP contribution < -0.4 is 10.6 Å². The lowest BCUT2D eigenvalue weighted by atomic mass is 10.0. The van der Waals surface area contributed by atoms with Gasteiger partial charge in [0, 0.05) is 9.75 Å². The molecule has 242 valence electrons.